The van der Waals surface area contributed by atoms with Gasteiger partial charge < -0.3 is 4.90 Å². The summed E-state index contributed by atoms with van der Waals surface area (Å²) in [4.78, 5) is 2.41. The number of aryl methyl sites for hydroxylation is 2. The SMILES string of the molecule is CCN(CC)c1c(C)cc(C)c(Br)c1C. The fourth-order valence-corrected chi connectivity index (χ4v) is 2.48. The molecule has 0 heterocycles. The summed E-state index contributed by atoms with van der Waals surface area (Å²) in [5, 5.41) is 0. The maximum Gasteiger partial charge on any atom is 0.0436 e. The molecule has 0 aliphatic rings. The van der Waals surface area contributed by atoms with Gasteiger partial charge in [0, 0.05) is 23.2 Å². The van der Waals surface area contributed by atoms with E-state index in [0.717, 1.165) is 13.1 Å². The van der Waals surface area contributed by atoms with Crippen LogP contribution in [0.3, 0.4) is 0 Å². The molecule has 0 bridgehead atoms. The van der Waals surface area contributed by atoms with Gasteiger partial charge in [-0.2, -0.15) is 0 Å². The molecule has 0 saturated heterocycles. The predicted octanol–water partition coefficient (Wildman–Crippen LogP) is 4.22. The molecule has 0 aliphatic carbocycles. The molecular weight excluding hydrogens is 250 g/mol. The van der Waals surface area contributed by atoms with Crippen LogP contribution in [0.15, 0.2) is 10.5 Å². The molecule has 0 aliphatic heterocycles. The lowest BCUT2D eigenvalue weighted by atomic mass is 10.0. The molecule has 1 aromatic rings. The molecule has 15 heavy (non-hydrogen) atoms. The van der Waals surface area contributed by atoms with E-state index in [1.807, 2.05) is 0 Å². The van der Waals surface area contributed by atoms with Crippen LogP contribution in [0.4, 0.5) is 5.69 Å². The first kappa shape index (κ1) is 12.6. The molecule has 1 nitrogen and oxygen atoms in total. The van der Waals surface area contributed by atoms with E-state index >= 15 is 0 Å². The van der Waals surface area contributed by atoms with Crippen molar-refractivity contribution in [3.8, 4) is 0 Å². The maximum absolute atomic E-state index is 3.66. The van der Waals surface area contributed by atoms with Gasteiger partial charge in [0.2, 0.25) is 0 Å². The third-order valence-corrected chi connectivity index (χ3v) is 4.14. The monoisotopic (exact) mass is 269 g/mol. The second kappa shape index (κ2) is 5.02. The molecule has 2 heteroatoms. The zero-order valence-electron chi connectivity index (χ0n) is 10.3. The average Bonchev–Trinajstić information content (AvgIpc) is 2.21. The minimum atomic E-state index is 1.06. The van der Waals surface area contributed by atoms with E-state index in [4.69, 9.17) is 0 Å². The van der Waals surface area contributed by atoms with Crippen LogP contribution >= 0.6 is 15.9 Å². The highest BCUT2D eigenvalue weighted by molar-refractivity contribution is 9.10. The van der Waals surface area contributed by atoms with Gasteiger partial charge in [-0.1, -0.05) is 22.0 Å². The predicted molar refractivity (Wildman–Crippen MR) is 71.9 cm³/mol. The Balaban J connectivity index is 3.34. The second-order valence-corrected chi connectivity index (χ2v) is 4.76. The summed E-state index contributed by atoms with van der Waals surface area (Å²) in [6.45, 7) is 13.1. The van der Waals surface area contributed by atoms with E-state index < -0.39 is 0 Å². The number of hydrogen-bond donors (Lipinski definition) is 0. The van der Waals surface area contributed by atoms with Crippen LogP contribution in [0.2, 0.25) is 0 Å². The van der Waals surface area contributed by atoms with Crippen LogP contribution in [0.25, 0.3) is 0 Å². The number of nitrogens with zero attached hydrogens (tertiary/aromatic N) is 1. The second-order valence-electron chi connectivity index (χ2n) is 3.97. The highest BCUT2D eigenvalue weighted by atomic mass is 79.9. The lowest BCUT2D eigenvalue weighted by molar-refractivity contribution is 0.855. The molecule has 84 valence electrons. The summed E-state index contributed by atoms with van der Waals surface area (Å²) in [5.41, 5.74) is 5.44. The van der Waals surface area contributed by atoms with Gasteiger partial charge in [0.05, 0.1) is 0 Å². The van der Waals surface area contributed by atoms with Gasteiger partial charge in [0.15, 0.2) is 0 Å². The molecular formula is C13H20BrN. The summed E-state index contributed by atoms with van der Waals surface area (Å²) >= 11 is 3.66. The molecule has 1 aromatic carbocycles. The zero-order valence-corrected chi connectivity index (χ0v) is 11.9. The van der Waals surface area contributed by atoms with E-state index in [1.165, 1.54) is 26.9 Å². The van der Waals surface area contributed by atoms with Gasteiger partial charge in [-0.25, -0.2) is 0 Å². The summed E-state index contributed by atoms with van der Waals surface area (Å²) in [6, 6.07) is 2.25. The Labute approximate surface area is 102 Å². The third kappa shape index (κ3) is 2.36. The summed E-state index contributed by atoms with van der Waals surface area (Å²) in [6.07, 6.45) is 0. The first-order valence-corrected chi connectivity index (χ1v) is 6.33. The maximum atomic E-state index is 3.66. The Kier molecular flexibility index (Phi) is 4.21. The minimum Gasteiger partial charge on any atom is -0.372 e. The van der Waals surface area contributed by atoms with Crippen molar-refractivity contribution in [3.63, 3.8) is 0 Å². The van der Waals surface area contributed by atoms with Crippen molar-refractivity contribution in [1.29, 1.82) is 0 Å². The van der Waals surface area contributed by atoms with Crippen molar-refractivity contribution in [2.75, 3.05) is 18.0 Å². The topological polar surface area (TPSA) is 3.24 Å². The Bertz CT molecular complexity index is 354. The zero-order chi connectivity index (χ0) is 11.6. The van der Waals surface area contributed by atoms with E-state index in [-0.39, 0.29) is 0 Å². The van der Waals surface area contributed by atoms with Crippen molar-refractivity contribution in [3.05, 3.63) is 27.2 Å². The first-order valence-electron chi connectivity index (χ1n) is 5.54. The van der Waals surface area contributed by atoms with Crippen molar-refractivity contribution in [1.82, 2.24) is 0 Å². The van der Waals surface area contributed by atoms with Crippen molar-refractivity contribution in [2.45, 2.75) is 34.6 Å². The molecule has 0 unspecified atom stereocenters. The number of halogens is 1. The molecule has 0 saturated carbocycles. The Morgan fingerprint density at radius 3 is 2.07 bits per heavy atom. The fourth-order valence-electron chi connectivity index (χ4n) is 2.18. The highest BCUT2D eigenvalue weighted by Crippen LogP contribution is 2.33. The average molecular weight is 270 g/mol. The Hall–Kier alpha value is -0.500. The van der Waals surface area contributed by atoms with Gasteiger partial charge in [0.25, 0.3) is 0 Å². The highest BCUT2D eigenvalue weighted by Gasteiger charge is 2.12. The van der Waals surface area contributed by atoms with Crippen LogP contribution in [0, 0.1) is 20.8 Å². The number of benzene rings is 1. The quantitative estimate of drug-likeness (QED) is 0.794. The molecule has 1 rings (SSSR count). The molecule has 0 atom stereocenters. The number of rotatable bonds is 3. The summed E-state index contributed by atoms with van der Waals surface area (Å²) in [7, 11) is 0. The summed E-state index contributed by atoms with van der Waals surface area (Å²) < 4.78 is 1.25. The first-order chi connectivity index (χ1) is 7.02. The molecule has 0 fully saturated rings. The van der Waals surface area contributed by atoms with E-state index in [9.17, 15) is 0 Å². The van der Waals surface area contributed by atoms with E-state index in [2.05, 4.69) is 61.5 Å². The van der Waals surface area contributed by atoms with Gasteiger partial charge in [-0.05, 0) is 51.3 Å². The normalized spacial score (nSPS) is 10.5. The standard InChI is InChI=1S/C13H20BrN/c1-6-15(7-2)13-10(4)8-9(3)12(14)11(13)5/h8H,6-7H2,1-5H3. The van der Waals surface area contributed by atoms with Crippen LogP contribution in [-0.4, -0.2) is 13.1 Å². The lowest BCUT2D eigenvalue weighted by Gasteiger charge is -2.26. The van der Waals surface area contributed by atoms with Gasteiger partial charge >= 0.3 is 0 Å². The van der Waals surface area contributed by atoms with Crippen LogP contribution in [0.5, 0.6) is 0 Å². The van der Waals surface area contributed by atoms with E-state index in [1.54, 1.807) is 0 Å². The van der Waals surface area contributed by atoms with Crippen molar-refractivity contribution < 1.29 is 0 Å². The third-order valence-electron chi connectivity index (χ3n) is 2.92. The largest absolute Gasteiger partial charge is 0.372 e. The lowest BCUT2D eigenvalue weighted by Crippen LogP contribution is -2.24. The molecule has 0 spiro atoms. The molecule has 0 radical (unpaired) electrons. The minimum absolute atomic E-state index is 1.06. The van der Waals surface area contributed by atoms with Gasteiger partial charge in [-0.3, -0.25) is 0 Å². The Morgan fingerprint density at radius 2 is 1.60 bits per heavy atom. The Morgan fingerprint density at radius 1 is 1.07 bits per heavy atom. The van der Waals surface area contributed by atoms with Gasteiger partial charge in [0.1, 0.15) is 0 Å². The van der Waals surface area contributed by atoms with Crippen LogP contribution < -0.4 is 4.90 Å². The smallest absolute Gasteiger partial charge is 0.0436 e. The van der Waals surface area contributed by atoms with Crippen molar-refractivity contribution >= 4 is 21.6 Å². The molecule has 0 aromatic heterocycles. The molecule has 0 amide bonds. The summed E-state index contributed by atoms with van der Waals surface area (Å²) in [5.74, 6) is 0. The number of hydrogen-bond acceptors (Lipinski definition) is 1. The fraction of sp³-hybridized carbons (Fsp3) is 0.538. The van der Waals surface area contributed by atoms with E-state index in [0.29, 0.717) is 0 Å². The van der Waals surface area contributed by atoms with Crippen LogP contribution in [0.1, 0.15) is 30.5 Å². The van der Waals surface area contributed by atoms with Gasteiger partial charge in [-0.15, -0.1) is 0 Å². The van der Waals surface area contributed by atoms with Crippen molar-refractivity contribution in [2.24, 2.45) is 0 Å². The number of anilines is 1. The molecule has 0 N–H and O–H groups in total. The van der Waals surface area contributed by atoms with Crippen LogP contribution in [-0.2, 0) is 0 Å².